The summed E-state index contributed by atoms with van der Waals surface area (Å²) in [5, 5.41) is 5.98. The summed E-state index contributed by atoms with van der Waals surface area (Å²) in [5.74, 6) is -0.139. The van der Waals surface area contributed by atoms with Gasteiger partial charge in [-0.15, -0.1) is 0 Å². The Kier molecular flexibility index (Phi) is 6.09. The Morgan fingerprint density at radius 2 is 1.66 bits per heavy atom. The van der Waals surface area contributed by atoms with E-state index >= 15 is 0 Å². The van der Waals surface area contributed by atoms with Gasteiger partial charge in [-0.1, -0.05) is 6.07 Å². The zero-order valence-corrected chi connectivity index (χ0v) is 16.4. The molecule has 2 N–H and O–H groups in total. The second-order valence-electron chi connectivity index (χ2n) is 6.28. The quantitative estimate of drug-likeness (QED) is 0.613. The minimum absolute atomic E-state index is 0.278. The topological polar surface area (TPSA) is 89.5 Å². The summed E-state index contributed by atoms with van der Waals surface area (Å²) in [6.07, 6.45) is 1.57. The van der Waals surface area contributed by atoms with Crippen LogP contribution < -0.4 is 15.4 Å². The van der Waals surface area contributed by atoms with Crippen LogP contribution in [0.5, 0.6) is 5.75 Å². The third kappa shape index (κ3) is 4.90. The lowest BCUT2D eigenvalue weighted by atomic mass is 10.2. The molecule has 0 atom stereocenters. The molecule has 0 aliphatic carbocycles. The lowest BCUT2D eigenvalue weighted by molar-refractivity contribution is 0.0600. The number of anilines is 3. The molecule has 0 radical (unpaired) electrons. The van der Waals surface area contributed by atoms with E-state index in [0.717, 1.165) is 11.3 Å². The summed E-state index contributed by atoms with van der Waals surface area (Å²) in [7, 11) is 2.89. The van der Waals surface area contributed by atoms with Crippen molar-refractivity contribution in [2.75, 3.05) is 24.9 Å². The van der Waals surface area contributed by atoms with Crippen LogP contribution in [-0.4, -0.2) is 31.1 Å². The largest absolute Gasteiger partial charge is 0.495 e. The third-order valence-corrected chi connectivity index (χ3v) is 4.19. The van der Waals surface area contributed by atoms with Gasteiger partial charge >= 0.3 is 5.97 Å². The van der Waals surface area contributed by atoms with Crippen molar-refractivity contribution in [1.82, 2.24) is 4.98 Å². The minimum atomic E-state index is -0.390. The maximum atomic E-state index is 12.5. The molecule has 0 bridgehead atoms. The van der Waals surface area contributed by atoms with E-state index in [-0.39, 0.29) is 17.6 Å². The number of nitrogens with one attached hydrogen (secondary N) is 2. The van der Waals surface area contributed by atoms with Gasteiger partial charge in [0.25, 0.3) is 5.91 Å². The summed E-state index contributed by atoms with van der Waals surface area (Å²) < 4.78 is 9.96. The second kappa shape index (κ2) is 8.88. The molecule has 0 saturated carbocycles. The molecule has 29 heavy (non-hydrogen) atoms. The lowest BCUT2D eigenvalue weighted by Crippen LogP contribution is -2.14. The maximum Gasteiger partial charge on any atom is 0.337 e. The van der Waals surface area contributed by atoms with Crippen molar-refractivity contribution < 1.29 is 19.1 Å². The van der Waals surface area contributed by atoms with Gasteiger partial charge in [0, 0.05) is 5.69 Å². The number of aryl methyl sites for hydroxylation is 1. The molecule has 0 spiro atoms. The fraction of sp³-hybridized carbons (Fsp3) is 0.136. The second-order valence-corrected chi connectivity index (χ2v) is 6.28. The molecule has 0 aliphatic rings. The van der Waals surface area contributed by atoms with E-state index in [4.69, 9.17) is 4.74 Å². The average molecular weight is 391 g/mol. The number of aromatic nitrogens is 1. The van der Waals surface area contributed by atoms with Crippen LogP contribution in [0.25, 0.3) is 0 Å². The van der Waals surface area contributed by atoms with E-state index in [1.54, 1.807) is 55.8 Å². The van der Waals surface area contributed by atoms with Crippen molar-refractivity contribution in [3.05, 3.63) is 77.6 Å². The molecule has 0 aliphatic heterocycles. The van der Waals surface area contributed by atoms with Crippen molar-refractivity contribution in [3.8, 4) is 5.75 Å². The highest BCUT2D eigenvalue weighted by atomic mass is 16.5. The van der Waals surface area contributed by atoms with Gasteiger partial charge in [-0.3, -0.25) is 4.79 Å². The molecule has 0 unspecified atom stereocenters. The van der Waals surface area contributed by atoms with E-state index in [9.17, 15) is 9.59 Å². The number of benzene rings is 2. The standard InChI is InChI=1S/C22H21N3O4/c1-14-4-11-20(28-2)19(12-14)25-21(26)18-10-9-17(13-23-18)24-16-7-5-15(6-8-16)22(27)29-3/h4-13,24H,1-3H3,(H,25,26). The van der Waals surface area contributed by atoms with Crippen LogP contribution in [0.2, 0.25) is 0 Å². The summed E-state index contributed by atoms with van der Waals surface area (Å²) in [4.78, 5) is 28.2. The smallest absolute Gasteiger partial charge is 0.337 e. The van der Waals surface area contributed by atoms with Gasteiger partial charge < -0.3 is 20.1 Å². The monoisotopic (exact) mass is 391 g/mol. The van der Waals surface area contributed by atoms with Gasteiger partial charge in [0.15, 0.2) is 0 Å². The number of amides is 1. The number of hydrogen-bond acceptors (Lipinski definition) is 6. The van der Waals surface area contributed by atoms with E-state index in [1.165, 1.54) is 7.11 Å². The molecule has 1 amide bonds. The number of nitrogens with zero attached hydrogens (tertiary/aromatic N) is 1. The first-order valence-corrected chi connectivity index (χ1v) is 8.87. The molecule has 0 saturated heterocycles. The zero-order valence-electron chi connectivity index (χ0n) is 16.4. The van der Waals surface area contributed by atoms with Crippen LogP contribution in [0.15, 0.2) is 60.8 Å². The highest BCUT2D eigenvalue weighted by Crippen LogP contribution is 2.25. The average Bonchev–Trinajstić information content (AvgIpc) is 2.74. The van der Waals surface area contributed by atoms with Gasteiger partial charge in [-0.25, -0.2) is 9.78 Å². The Balaban J connectivity index is 1.67. The molecule has 7 heteroatoms. The van der Waals surface area contributed by atoms with Crippen molar-refractivity contribution in [1.29, 1.82) is 0 Å². The van der Waals surface area contributed by atoms with Crippen molar-refractivity contribution in [2.24, 2.45) is 0 Å². The SMILES string of the molecule is COC(=O)c1ccc(Nc2ccc(C(=O)Nc3cc(C)ccc3OC)nc2)cc1. The maximum absolute atomic E-state index is 12.5. The number of pyridine rings is 1. The number of ether oxygens (including phenoxy) is 2. The molecule has 1 aromatic heterocycles. The van der Waals surface area contributed by atoms with E-state index in [0.29, 0.717) is 22.7 Å². The van der Waals surface area contributed by atoms with Crippen LogP contribution in [-0.2, 0) is 4.74 Å². The highest BCUT2D eigenvalue weighted by molar-refractivity contribution is 6.03. The van der Waals surface area contributed by atoms with Crippen LogP contribution in [0.4, 0.5) is 17.1 Å². The molecule has 3 rings (SSSR count). The predicted molar refractivity (Wildman–Crippen MR) is 111 cm³/mol. The Hall–Kier alpha value is -3.87. The number of carbonyl (C=O) groups is 2. The molecule has 148 valence electrons. The summed E-state index contributed by atoms with van der Waals surface area (Å²) in [5.41, 5.74) is 3.83. The Morgan fingerprint density at radius 1 is 0.931 bits per heavy atom. The number of rotatable bonds is 6. The molecule has 3 aromatic rings. The summed E-state index contributed by atoms with van der Waals surface area (Å²) >= 11 is 0. The number of carbonyl (C=O) groups excluding carboxylic acids is 2. The van der Waals surface area contributed by atoms with Gasteiger partial charge in [-0.05, 0) is 61.0 Å². The number of esters is 1. The summed E-state index contributed by atoms with van der Waals surface area (Å²) in [6, 6.07) is 15.8. The molecular weight excluding hydrogens is 370 g/mol. The highest BCUT2D eigenvalue weighted by Gasteiger charge is 2.11. The van der Waals surface area contributed by atoms with E-state index in [2.05, 4.69) is 20.4 Å². The first kappa shape index (κ1) is 19.9. The lowest BCUT2D eigenvalue weighted by Gasteiger charge is -2.11. The minimum Gasteiger partial charge on any atom is -0.495 e. The molecule has 1 heterocycles. The first-order chi connectivity index (χ1) is 14.0. The third-order valence-electron chi connectivity index (χ3n) is 4.19. The van der Waals surface area contributed by atoms with Gasteiger partial charge in [0.2, 0.25) is 0 Å². The predicted octanol–water partition coefficient (Wildman–Crippen LogP) is 4.18. The number of methoxy groups -OCH3 is 2. The van der Waals surface area contributed by atoms with Crippen molar-refractivity contribution in [3.63, 3.8) is 0 Å². The Bertz CT molecular complexity index is 1020. The van der Waals surface area contributed by atoms with Crippen LogP contribution in [0.1, 0.15) is 26.4 Å². The molecule has 7 nitrogen and oxygen atoms in total. The van der Waals surface area contributed by atoms with Crippen LogP contribution >= 0.6 is 0 Å². The fourth-order valence-electron chi connectivity index (χ4n) is 2.68. The van der Waals surface area contributed by atoms with Crippen molar-refractivity contribution in [2.45, 2.75) is 6.92 Å². The Labute approximate surface area is 168 Å². The molecular formula is C22H21N3O4. The van der Waals surface area contributed by atoms with Crippen molar-refractivity contribution >= 4 is 28.9 Å². The summed E-state index contributed by atoms with van der Waals surface area (Å²) in [6.45, 7) is 1.94. The first-order valence-electron chi connectivity index (χ1n) is 8.87. The van der Waals surface area contributed by atoms with Crippen LogP contribution in [0.3, 0.4) is 0 Å². The molecule has 0 fully saturated rings. The normalized spacial score (nSPS) is 10.2. The van der Waals surface area contributed by atoms with E-state index < -0.39 is 0 Å². The number of hydrogen-bond donors (Lipinski definition) is 2. The van der Waals surface area contributed by atoms with E-state index in [1.807, 2.05) is 19.1 Å². The van der Waals surface area contributed by atoms with Gasteiger partial charge in [0.1, 0.15) is 11.4 Å². The fourth-order valence-corrected chi connectivity index (χ4v) is 2.68. The zero-order chi connectivity index (χ0) is 20.8. The van der Waals surface area contributed by atoms with Gasteiger partial charge in [-0.2, -0.15) is 0 Å². The Morgan fingerprint density at radius 3 is 2.28 bits per heavy atom. The molecule has 2 aromatic carbocycles. The van der Waals surface area contributed by atoms with Gasteiger partial charge in [0.05, 0.1) is 37.4 Å². The van der Waals surface area contributed by atoms with Crippen LogP contribution in [0, 0.1) is 6.92 Å².